The third-order valence-electron chi connectivity index (χ3n) is 5.59. The normalized spacial score (nSPS) is 28.6. The van der Waals surface area contributed by atoms with Crippen LogP contribution in [0.25, 0.3) is 0 Å². The fraction of sp³-hybridized carbons (Fsp3) is 0.773. The molecule has 2 aliphatic carbocycles. The first-order valence-corrected chi connectivity index (χ1v) is 11.1. The van der Waals surface area contributed by atoms with Gasteiger partial charge in [-0.3, -0.25) is 14.4 Å². The van der Waals surface area contributed by atoms with Crippen molar-refractivity contribution in [2.75, 3.05) is 13.2 Å². The van der Waals surface area contributed by atoms with Crippen LogP contribution in [0.15, 0.2) is 0 Å². The van der Waals surface area contributed by atoms with Gasteiger partial charge in [0, 0.05) is 25.2 Å². The third kappa shape index (κ3) is 5.94. The van der Waals surface area contributed by atoms with Gasteiger partial charge in [-0.1, -0.05) is 0 Å². The molecule has 6 atom stereocenters. The summed E-state index contributed by atoms with van der Waals surface area (Å²) in [6.45, 7) is 11.2. The highest BCUT2D eigenvalue weighted by Crippen LogP contribution is 2.64. The summed E-state index contributed by atoms with van der Waals surface area (Å²) in [6.07, 6.45) is -1.63. The van der Waals surface area contributed by atoms with Crippen molar-refractivity contribution in [2.24, 2.45) is 17.8 Å². The first-order valence-electron chi connectivity index (χ1n) is 11.1. The lowest BCUT2D eigenvalue weighted by Gasteiger charge is -2.33. The van der Waals surface area contributed by atoms with Crippen molar-refractivity contribution in [1.82, 2.24) is 10.6 Å². The van der Waals surface area contributed by atoms with Gasteiger partial charge < -0.3 is 29.6 Å². The van der Waals surface area contributed by atoms with Crippen LogP contribution in [-0.2, 0) is 38.1 Å². The van der Waals surface area contributed by atoms with Gasteiger partial charge in [-0.2, -0.15) is 0 Å². The van der Waals surface area contributed by atoms with Gasteiger partial charge in [-0.05, 0) is 41.5 Å². The second-order valence-electron chi connectivity index (χ2n) is 9.28. The Balaban J connectivity index is 2.29. The van der Waals surface area contributed by atoms with Gasteiger partial charge in [-0.15, -0.1) is 0 Å². The zero-order valence-corrected chi connectivity index (χ0v) is 20.2. The molecule has 0 spiro atoms. The smallest absolute Gasteiger partial charge is 0.408 e. The molecule has 2 saturated carbocycles. The number of amides is 2. The summed E-state index contributed by atoms with van der Waals surface area (Å²) >= 11 is 0. The number of alkyl carbamates (subject to hydrolysis) is 1. The quantitative estimate of drug-likeness (QED) is 0.393. The summed E-state index contributed by atoms with van der Waals surface area (Å²) in [5.74, 6) is -4.41. The maximum absolute atomic E-state index is 13.1. The Hall–Kier alpha value is -2.85. The van der Waals surface area contributed by atoms with Gasteiger partial charge in [-0.25, -0.2) is 9.59 Å². The maximum atomic E-state index is 13.1. The van der Waals surface area contributed by atoms with Gasteiger partial charge in [0.2, 0.25) is 5.91 Å². The Labute approximate surface area is 193 Å². The van der Waals surface area contributed by atoms with Crippen molar-refractivity contribution in [1.29, 1.82) is 0 Å². The fourth-order valence-corrected chi connectivity index (χ4v) is 4.44. The lowest BCUT2D eigenvalue weighted by Crippen LogP contribution is -2.61. The topological polar surface area (TPSA) is 146 Å². The molecule has 0 unspecified atom stereocenters. The Morgan fingerprint density at radius 2 is 1.67 bits per heavy atom. The van der Waals surface area contributed by atoms with E-state index in [4.69, 9.17) is 18.9 Å². The van der Waals surface area contributed by atoms with E-state index in [2.05, 4.69) is 10.6 Å². The molecule has 33 heavy (non-hydrogen) atoms. The van der Waals surface area contributed by atoms with Crippen LogP contribution >= 0.6 is 0 Å². The molecule has 0 aromatic heterocycles. The maximum Gasteiger partial charge on any atom is 0.408 e. The summed E-state index contributed by atoms with van der Waals surface area (Å²) < 4.78 is 20.9. The first-order chi connectivity index (χ1) is 15.3. The standard InChI is InChI=1S/C22H34N2O9/c1-8-30-18(27)15-14-13(32-12(4)25)10-22(16(14)15,19(28)31-9-2)24-17(26)11(3)23-20(29)33-21(5,6)7/h11,13-16H,8-10H2,1-7H3,(H,23,29)(H,24,26)/t11-,13-,14-,15-,16-,22-/m0/s1. The second kappa shape index (κ2) is 9.96. The molecule has 0 saturated heterocycles. The van der Waals surface area contributed by atoms with E-state index < -0.39 is 70.9 Å². The number of carbonyl (C=O) groups excluding carboxylic acids is 5. The molecule has 0 radical (unpaired) electrons. The highest BCUT2D eigenvalue weighted by molar-refractivity contribution is 5.94. The minimum atomic E-state index is -1.61. The van der Waals surface area contributed by atoms with Crippen LogP contribution in [0.3, 0.4) is 0 Å². The molecule has 0 aliphatic heterocycles. The highest BCUT2D eigenvalue weighted by atomic mass is 16.6. The molecule has 0 aromatic rings. The molecule has 2 amide bonds. The van der Waals surface area contributed by atoms with E-state index in [1.807, 2.05) is 0 Å². The zero-order valence-electron chi connectivity index (χ0n) is 20.2. The summed E-state index contributed by atoms with van der Waals surface area (Å²) in [5.41, 5.74) is -2.37. The molecule has 2 aliphatic rings. The molecule has 0 bridgehead atoms. The highest BCUT2D eigenvalue weighted by Gasteiger charge is 2.77. The lowest BCUT2D eigenvalue weighted by atomic mass is 9.88. The first kappa shape index (κ1) is 26.4. The summed E-state index contributed by atoms with van der Waals surface area (Å²) in [5, 5.41) is 5.11. The molecule has 2 N–H and O–H groups in total. The van der Waals surface area contributed by atoms with Crippen molar-refractivity contribution < 1.29 is 42.9 Å². The van der Waals surface area contributed by atoms with E-state index in [0.29, 0.717) is 0 Å². The van der Waals surface area contributed by atoms with Crippen molar-refractivity contribution in [2.45, 2.75) is 78.2 Å². The van der Waals surface area contributed by atoms with E-state index in [1.54, 1.807) is 34.6 Å². The van der Waals surface area contributed by atoms with Crippen LogP contribution in [-0.4, -0.2) is 66.4 Å². The van der Waals surface area contributed by atoms with Crippen LogP contribution in [0.5, 0.6) is 0 Å². The molecule has 2 fully saturated rings. The fourth-order valence-electron chi connectivity index (χ4n) is 4.44. The molecule has 186 valence electrons. The molecule has 0 heterocycles. The van der Waals surface area contributed by atoms with Gasteiger partial charge in [0.05, 0.1) is 19.1 Å². The summed E-state index contributed by atoms with van der Waals surface area (Å²) in [6, 6.07) is -1.06. The molecule has 2 rings (SSSR count). The van der Waals surface area contributed by atoms with Crippen molar-refractivity contribution in [3.05, 3.63) is 0 Å². The minimum absolute atomic E-state index is 0.0435. The second-order valence-corrected chi connectivity index (χ2v) is 9.28. The van der Waals surface area contributed by atoms with Gasteiger partial charge in [0.25, 0.3) is 0 Å². The minimum Gasteiger partial charge on any atom is -0.466 e. The van der Waals surface area contributed by atoms with Crippen LogP contribution in [0, 0.1) is 17.8 Å². The van der Waals surface area contributed by atoms with E-state index in [0.717, 1.165) is 0 Å². The van der Waals surface area contributed by atoms with Crippen molar-refractivity contribution >= 4 is 29.9 Å². The third-order valence-corrected chi connectivity index (χ3v) is 5.59. The summed E-state index contributed by atoms with van der Waals surface area (Å²) in [4.78, 5) is 62.3. The molecule has 0 aromatic carbocycles. The lowest BCUT2D eigenvalue weighted by molar-refractivity contribution is -0.160. The van der Waals surface area contributed by atoms with Crippen LogP contribution in [0.2, 0.25) is 0 Å². The number of rotatable bonds is 8. The number of ether oxygens (including phenoxy) is 4. The Morgan fingerprint density at radius 1 is 1.06 bits per heavy atom. The number of nitrogens with one attached hydrogen (secondary N) is 2. The van der Waals surface area contributed by atoms with Gasteiger partial charge in [0.15, 0.2) is 0 Å². The Kier molecular flexibility index (Phi) is 7.97. The number of hydrogen-bond acceptors (Lipinski definition) is 9. The average molecular weight is 471 g/mol. The average Bonchev–Trinajstić information content (AvgIpc) is 3.34. The Morgan fingerprint density at radius 3 is 2.18 bits per heavy atom. The SMILES string of the molecule is CCOC(=O)[C@H]1[C@H]2[C@@H]1[C@](NC(=O)[C@H](C)NC(=O)OC(C)(C)C)(C(=O)OCC)C[C@@H]2OC(C)=O. The van der Waals surface area contributed by atoms with Gasteiger partial charge in [0.1, 0.15) is 23.3 Å². The number of fused-ring (bicyclic) bond motifs is 1. The molecular weight excluding hydrogens is 436 g/mol. The van der Waals surface area contributed by atoms with Crippen LogP contribution in [0.4, 0.5) is 4.79 Å². The van der Waals surface area contributed by atoms with E-state index >= 15 is 0 Å². The largest absolute Gasteiger partial charge is 0.466 e. The zero-order chi connectivity index (χ0) is 25.1. The number of carbonyl (C=O) groups is 5. The van der Waals surface area contributed by atoms with E-state index in [-0.39, 0.29) is 19.6 Å². The van der Waals surface area contributed by atoms with Gasteiger partial charge >= 0.3 is 24.0 Å². The van der Waals surface area contributed by atoms with Crippen LogP contribution in [0.1, 0.15) is 54.9 Å². The van der Waals surface area contributed by atoms with Crippen LogP contribution < -0.4 is 10.6 Å². The number of esters is 3. The van der Waals surface area contributed by atoms with Crippen molar-refractivity contribution in [3.8, 4) is 0 Å². The molecular formula is C22H34N2O9. The number of hydrogen-bond donors (Lipinski definition) is 2. The van der Waals surface area contributed by atoms with E-state index in [9.17, 15) is 24.0 Å². The monoisotopic (exact) mass is 470 g/mol. The van der Waals surface area contributed by atoms with E-state index in [1.165, 1.54) is 13.8 Å². The predicted molar refractivity (Wildman–Crippen MR) is 114 cm³/mol. The molecule has 11 heteroatoms. The molecule has 11 nitrogen and oxygen atoms in total. The van der Waals surface area contributed by atoms with Crippen molar-refractivity contribution in [3.63, 3.8) is 0 Å². The predicted octanol–water partition coefficient (Wildman–Crippen LogP) is 1.08. The Bertz CT molecular complexity index is 806. The summed E-state index contributed by atoms with van der Waals surface area (Å²) in [7, 11) is 0.